The summed E-state index contributed by atoms with van der Waals surface area (Å²) in [6, 6.07) is 1.77. The van der Waals surface area contributed by atoms with Crippen LogP contribution in [0.25, 0.3) is 11.0 Å². The number of hydrazine groups is 1. The van der Waals surface area contributed by atoms with Crippen LogP contribution in [0.15, 0.2) is 12.3 Å². The summed E-state index contributed by atoms with van der Waals surface area (Å²) in [5.41, 5.74) is 3.88. The molecule has 0 bridgehead atoms. The van der Waals surface area contributed by atoms with Crippen molar-refractivity contribution < 1.29 is 0 Å². The highest BCUT2D eigenvalue weighted by molar-refractivity contribution is 5.83. The standard InChI is InChI=1S/C5H6N6/c6-8-5-4-3(1-2-7-5)9-11-10-4/h1-2H,6H2,(H,7,8)(H,9,10,11). The molecular formula is C5H6N6. The zero-order valence-electron chi connectivity index (χ0n) is 5.57. The number of nitrogen functional groups attached to an aromatic ring is 1. The summed E-state index contributed by atoms with van der Waals surface area (Å²) in [5, 5.41) is 10.1. The Morgan fingerprint density at radius 1 is 1.55 bits per heavy atom. The molecular weight excluding hydrogens is 144 g/mol. The van der Waals surface area contributed by atoms with Crippen molar-refractivity contribution in [3.63, 3.8) is 0 Å². The van der Waals surface area contributed by atoms with E-state index >= 15 is 0 Å². The van der Waals surface area contributed by atoms with Gasteiger partial charge in [0, 0.05) is 6.20 Å². The minimum atomic E-state index is 0.524. The zero-order valence-corrected chi connectivity index (χ0v) is 5.57. The number of anilines is 1. The molecule has 56 valence electrons. The maximum Gasteiger partial charge on any atom is 0.170 e. The second-order valence-corrected chi connectivity index (χ2v) is 2.01. The molecule has 0 saturated heterocycles. The molecule has 2 aromatic heterocycles. The third-order valence-electron chi connectivity index (χ3n) is 1.38. The lowest BCUT2D eigenvalue weighted by Crippen LogP contribution is -2.08. The van der Waals surface area contributed by atoms with Crippen molar-refractivity contribution in [1.29, 1.82) is 0 Å². The molecule has 2 rings (SSSR count). The van der Waals surface area contributed by atoms with Crippen LogP contribution in [0.1, 0.15) is 0 Å². The van der Waals surface area contributed by atoms with Crippen LogP contribution < -0.4 is 11.3 Å². The Morgan fingerprint density at radius 3 is 3.27 bits per heavy atom. The molecule has 0 aliphatic rings. The van der Waals surface area contributed by atoms with Crippen molar-refractivity contribution >= 4 is 16.9 Å². The summed E-state index contributed by atoms with van der Waals surface area (Å²) < 4.78 is 0. The minimum Gasteiger partial charge on any atom is -0.307 e. The fourth-order valence-electron chi connectivity index (χ4n) is 0.880. The van der Waals surface area contributed by atoms with Crippen LogP contribution in [-0.2, 0) is 0 Å². The van der Waals surface area contributed by atoms with Crippen molar-refractivity contribution in [2.75, 3.05) is 5.43 Å². The molecule has 11 heavy (non-hydrogen) atoms. The van der Waals surface area contributed by atoms with E-state index in [-0.39, 0.29) is 0 Å². The zero-order chi connectivity index (χ0) is 7.68. The highest BCUT2D eigenvalue weighted by Crippen LogP contribution is 2.13. The lowest BCUT2D eigenvalue weighted by Gasteiger charge is -1.95. The van der Waals surface area contributed by atoms with Crippen molar-refractivity contribution in [2.45, 2.75) is 0 Å². The fourth-order valence-corrected chi connectivity index (χ4v) is 0.880. The molecule has 2 heterocycles. The van der Waals surface area contributed by atoms with Gasteiger partial charge in [-0.05, 0) is 6.07 Å². The van der Waals surface area contributed by atoms with Gasteiger partial charge in [0.1, 0.15) is 0 Å². The van der Waals surface area contributed by atoms with Crippen LogP contribution in [0.5, 0.6) is 0 Å². The molecule has 0 atom stereocenters. The quantitative estimate of drug-likeness (QED) is 0.381. The number of nitrogens with two attached hydrogens (primary N) is 1. The normalized spacial score (nSPS) is 10.3. The van der Waals surface area contributed by atoms with Gasteiger partial charge in [-0.1, -0.05) is 5.21 Å². The van der Waals surface area contributed by atoms with Gasteiger partial charge < -0.3 is 5.43 Å². The smallest absolute Gasteiger partial charge is 0.170 e. The highest BCUT2D eigenvalue weighted by Gasteiger charge is 2.02. The molecule has 0 spiro atoms. The molecule has 6 heteroatoms. The van der Waals surface area contributed by atoms with Gasteiger partial charge >= 0.3 is 0 Å². The Kier molecular flexibility index (Phi) is 1.19. The van der Waals surface area contributed by atoms with E-state index in [9.17, 15) is 0 Å². The van der Waals surface area contributed by atoms with E-state index in [0.29, 0.717) is 11.3 Å². The van der Waals surface area contributed by atoms with Crippen LogP contribution in [0.2, 0.25) is 0 Å². The molecule has 2 aromatic rings. The second-order valence-electron chi connectivity index (χ2n) is 2.01. The summed E-state index contributed by atoms with van der Waals surface area (Å²) in [4.78, 5) is 3.94. The Bertz CT molecular complexity index is 366. The molecule has 0 radical (unpaired) electrons. The van der Waals surface area contributed by atoms with E-state index in [0.717, 1.165) is 5.52 Å². The number of aromatic nitrogens is 4. The average molecular weight is 150 g/mol. The lowest BCUT2D eigenvalue weighted by molar-refractivity contribution is 0.959. The Labute approximate surface area is 61.8 Å². The molecule has 4 N–H and O–H groups in total. The van der Waals surface area contributed by atoms with Gasteiger partial charge in [0.25, 0.3) is 0 Å². The van der Waals surface area contributed by atoms with Crippen molar-refractivity contribution in [1.82, 2.24) is 20.4 Å². The minimum absolute atomic E-state index is 0.524. The molecule has 0 unspecified atom stereocenters. The number of nitrogens with zero attached hydrogens (tertiary/aromatic N) is 3. The van der Waals surface area contributed by atoms with Crippen LogP contribution in [0.3, 0.4) is 0 Å². The lowest BCUT2D eigenvalue weighted by atomic mass is 10.4. The molecule has 0 fully saturated rings. The molecule has 0 aromatic carbocycles. The number of rotatable bonds is 1. The topological polar surface area (TPSA) is 92.5 Å². The third kappa shape index (κ3) is 0.802. The van der Waals surface area contributed by atoms with E-state index in [1.807, 2.05) is 0 Å². The molecule has 0 aliphatic carbocycles. The number of aromatic amines is 1. The highest BCUT2D eigenvalue weighted by atomic mass is 15.3. The number of H-pyrrole nitrogens is 1. The van der Waals surface area contributed by atoms with E-state index < -0.39 is 0 Å². The molecule has 0 aliphatic heterocycles. The number of pyridine rings is 1. The Balaban J connectivity index is 2.79. The predicted molar refractivity (Wildman–Crippen MR) is 39.5 cm³/mol. The van der Waals surface area contributed by atoms with Gasteiger partial charge in [-0.15, -0.1) is 5.10 Å². The summed E-state index contributed by atoms with van der Waals surface area (Å²) in [5.74, 6) is 5.71. The largest absolute Gasteiger partial charge is 0.307 e. The van der Waals surface area contributed by atoms with Crippen molar-refractivity contribution in [3.8, 4) is 0 Å². The number of hydrogen-bond acceptors (Lipinski definition) is 5. The fraction of sp³-hybridized carbons (Fsp3) is 0. The van der Waals surface area contributed by atoms with Crippen molar-refractivity contribution in [2.24, 2.45) is 5.84 Å². The number of fused-ring (bicyclic) bond motifs is 1. The SMILES string of the molecule is NNc1nccc2[nH]nnc12. The summed E-state index contributed by atoms with van der Waals surface area (Å²) in [6.45, 7) is 0. The molecule has 6 nitrogen and oxygen atoms in total. The monoisotopic (exact) mass is 150 g/mol. The van der Waals surface area contributed by atoms with Gasteiger partial charge in [-0.2, -0.15) is 0 Å². The first-order valence-electron chi connectivity index (χ1n) is 3.04. The van der Waals surface area contributed by atoms with Crippen LogP contribution in [-0.4, -0.2) is 20.4 Å². The Morgan fingerprint density at radius 2 is 2.45 bits per heavy atom. The first kappa shape index (κ1) is 6.05. The first-order chi connectivity index (χ1) is 5.42. The number of nitrogens with one attached hydrogen (secondary N) is 2. The van der Waals surface area contributed by atoms with Gasteiger partial charge in [0.15, 0.2) is 11.3 Å². The summed E-state index contributed by atoms with van der Waals surface area (Å²) in [7, 11) is 0. The summed E-state index contributed by atoms with van der Waals surface area (Å²) >= 11 is 0. The first-order valence-corrected chi connectivity index (χ1v) is 3.04. The van der Waals surface area contributed by atoms with Crippen LogP contribution >= 0.6 is 0 Å². The Hall–Kier alpha value is -1.69. The van der Waals surface area contributed by atoms with Gasteiger partial charge in [-0.3, -0.25) is 5.10 Å². The number of hydrogen-bond donors (Lipinski definition) is 3. The third-order valence-corrected chi connectivity index (χ3v) is 1.38. The molecule has 0 amide bonds. The van der Waals surface area contributed by atoms with E-state index in [2.05, 4.69) is 25.8 Å². The maximum absolute atomic E-state index is 5.18. The predicted octanol–water partition coefficient (Wildman–Crippen LogP) is -0.362. The van der Waals surface area contributed by atoms with E-state index in [4.69, 9.17) is 5.84 Å². The molecule has 0 saturated carbocycles. The van der Waals surface area contributed by atoms with Crippen molar-refractivity contribution in [3.05, 3.63) is 12.3 Å². The van der Waals surface area contributed by atoms with E-state index in [1.165, 1.54) is 0 Å². The second kappa shape index (κ2) is 2.17. The van der Waals surface area contributed by atoms with Crippen LogP contribution in [0, 0.1) is 0 Å². The van der Waals surface area contributed by atoms with Gasteiger partial charge in [0.2, 0.25) is 0 Å². The maximum atomic E-state index is 5.18. The van der Waals surface area contributed by atoms with E-state index in [1.54, 1.807) is 12.3 Å². The van der Waals surface area contributed by atoms with Crippen LogP contribution in [0.4, 0.5) is 5.82 Å². The van der Waals surface area contributed by atoms with Gasteiger partial charge in [-0.25, -0.2) is 10.8 Å². The van der Waals surface area contributed by atoms with Gasteiger partial charge in [0.05, 0.1) is 5.52 Å². The average Bonchev–Trinajstić information content (AvgIpc) is 2.50. The summed E-state index contributed by atoms with van der Waals surface area (Å²) in [6.07, 6.45) is 1.62.